The van der Waals surface area contributed by atoms with Gasteiger partial charge >= 0.3 is 0 Å². The molecule has 0 radical (unpaired) electrons. The number of rotatable bonds is 4. The number of ether oxygens (including phenoxy) is 1. The van der Waals surface area contributed by atoms with E-state index in [0.717, 1.165) is 22.1 Å². The molecule has 4 aromatic rings. The van der Waals surface area contributed by atoms with Crippen molar-refractivity contribution in [1.29, 1.82) is 0 Å². The van der Waals surface area contributed by atoms with Crippen LogP contribution in [0.25, 0.3) is 27.7 Å². The van der Waals surface area contributed by atoms with Gasteiger partial charge in [-0.3, -0.25) is 0 Å². The molecule has 0 saturated carbocycles. The third-order valence-electron chi connectivity index (χ3n) is 4.34. The van der Waals surface area contributed by atoms with Crippen molar-refractivity contribution in [3.8, 4) is 34.2 Å². The van der Waals surface area contributed by atoms with E-state index in [0.29, 0.717) is 16.4 Å². The lowest BCUT2D eigenvalue weighted by atomic mass is 10.0. The van der Waals surface area contributed by atoms with E-state index in [1.165, 1.54) is 16.8 Å². The van der Waals surface area contributed by atoms with Crippen LogP contribution in [0.1, 0.15) is 13.8 Å². The second kappa shape index (κ2) is 7.09. The summed E-state index contributed by atoms with van der Waals surface area (Å²) in [5.41, 5.74) is 1.89. The van der Waals surface area contributed by atoms with Gasteiger partial charge in [0.1, 0.15) is 33.7 Å². The molecule has 0 bridgehead atoms. The normalized spacial score (nSPS) is 11.3. The largest absolute Gasteiger partial charge is 0.508 e. The molecule has 0 spiro atoms. The molecule has 0 atom stereocenters. The van der Waals surface area contributed by atoms with E-state index in [1.807, 2.05) is 50.2 Å². The summed E-state index contributed by atoms with van der Waals surface area (Å²) in [5.74, 6) is 0.653. The molecule has 0 saturated heterocycles. The summed E-state index contributed by atoms with van der Waals surface area (Å²) in [6.07, 6.45) is 0.0517. The molecule has 1 aromatic heterocycles. The second-order valence-corrected chi connectivity index (χ2v) is 7.09. The van der Waals surface area contributed by atoms with Crippen LogP contribution in [0, 0.1) is 0 Å². The summed E-state index contributed by atoms with van der Waals surface area (Å²) in [5, 5.41) is 30.4. The standard InChI is InChI=1S/C21H19N3O3S/c1-12(2)27-19-10-8-16(14-5-3-4-6-15(14)19)20-21(28)22-23-24(20)17-9-7-13(25)11-18(17)26/h3-12,25-26,28H,1-2H3. The summed E-state index contributed by atoms with van der Waals surface area (Å²) in [6, 6.07) is 16.1. The Balaban J connectivity index is 1.96. The average Bonchev–Trinajstić information content (AvgIpc) is 3.03. The molecule has 6 nitrogen and oxygen atoms in total. The first-order valence-electron chi connectivity index (χ1n) is 8.81. The molecule has 0 aliphatic rings. The molecule has 0 fully saturated rings. The van der Waals surface area contributed by atoms with Crippen LogP contribution >= 0.6 is 12.6 Å². The Kier molecular flexibility index (Phi) is 4.60. The molecule has 28 heavy (non-hydrogen) atoms. The van der Waals surface area contributed by atoms with Gasteiger partial charge in [-0.1, -0.05) is 29.5 Å². The summed E-state index contributed by atoms with van der Waals surface area (Å²) >= 11 is 4.49. The fraction of sp³-hybridized carbons (Fsp3) is 0.143. The Hall–Kier alpha value is -3.19. The molecule has 4 rings (SSSR count). The molecule has 142 valence electrons. The minimum atomic E-state index is -0.108. The first-order chi connectivity index (χ1) is 13.5. The van der Waals surface area contributed by atoms with E-state index < -0.39 is 0 Å². The van der Waals surface area contributed by atoms with Gasteiger partial charge < -0.3 is 14.9 Å². The minimum absolute atomic E-state index is 0.0327. The van der Waals surface area contributed by atoms with Crippen LogP contribution in [0.2, 0.25) is 0 Å². The number of hydrogen-bond donors (Lipinski definition) is 3. The number of fused-ring (bicyclic) bond motifs is 1. The van der Waals surface area contributed by atoms with Gasteiger partial charge in [0.05, 0.1) is 6.10 Å². The highest BCUT2D eigenvalue weighted by Gasteiger charge is 2.20. The highest BCUT2D eigenvalue weighted by atomic mass is 32.1. The zero-order valence-electron chi connectivity index (χ0n) is 15.4. The number of hydrogen-bond acceptors (Lipinski definition) is 6. The highest BCUT2D eigenvalue weighted by molar-refractivity contribution is 7.80. The third kappa shape index (κ3) is 3.14. The summed E-state index contributed by atoms with van der Waals surface area (Å²) < 4.78 is 7.47. The monoisotopic (exact) mass is 393 g/mol. The van der Waals surface area contributed by atoms with Crippen LogP contribution in [-0.2, 0) is 0 Å². The average molecular weight is 393 g/mol. The zero-order chi connectivity index (χ0) is 19.8. The molecule has 0 amide bonds. The van der Waals surface area contributed by atoms with Crippen LogP contribution in [0.15, 0.2) is 59.6 Å². The molecule has 0 unspecified atom stereocenters. The lowest BCUT2D eigenvalue weighted by Gasteiger charge is -2.16. The lowest BCUT2D eigenvalue weighted by molar-refractivity contribution is 0.245. The van der Waals surface area contributed by atoms with Gasteiger partial charge in [-0.25, -0.2) is 4.68 Å². The first kappa shape index (κ1) is 18.2. The van der Waals surface area contributed by atoms with Crippen molar-refractivity contribution in [2.75, 3.05) is 0 Å². The second-order valence-electron chi connectivity index (χ2n) is 6.67. The van der Waals surface area contributed by atoms with Crippen molar-refractivity contribution >= 4 is 23.4 Å². The van der Waals surface area contributed by atoms with E-state index in [9.17, 15) is 10.2 Å². The minimum Gasteiger partial charge on any atom is -0.508 e. The van der Waals surface area contributed by atoms with Gasteiger partial charge in [0.2, 0.25) is 0 Å². The summed E-state index contributed by atoms with van der Waals surface area (Å²) in [4.78, 5) is 0. The van der Waals surface area contributed by atoms with Gasteiger partial charge in [-0.2, -0.15) is 0 Å². The van der Waals surface area contributed by atoms with Crippen molar-refractivity contribution in [1.82, 2.24) is 15.0 Å². The van der Waals surface area contributed by atoms with Crippen molar-refractivity contribution in [3.63, 3.8) is 0 Å². The number of thiol groups is 1. The van der Waals surface area contributed by atoms with E-state index in [2.05, 4.69) is 22.9 Å². The molecular weight excluding hydrogens is 374 g/mol. The topological polar surface area (TPSA) is 80.4 Å². The lowest BCUT2D eigenvalue weighted by Crippen LogP contribution is -2.06. The maximum Gasteiger partial charge on any atom is 0.145 e. The highest BCUT2D eigenvalue weighted by Crippen LogP contribution is 2.38. The van der Waals surface area contributed by atoms with E-state index in [1.54, 1.807) is 6.07 Å². The van der Waals surface area contributed by atoms with Crippen molar-refractivity contribution < 1.29 is 14.9 Å². The summed E-state index contributed by atoms with van der Waals surface area (Å²) in [7, 11) is 0. The number of aromatic nitrogens is 3. The van der Waals surface area contributed by atoms with E-state index >= 15 is 0 Å². The van der Waals surface area contributed by atoms with Gasteiger partial charge in [0.25, 0.3) is 0 Å². The predicted octanol–water partition coefficient (Wildman–Crippen LogP) is 4.57. The van der Waals surface area contributed by atoms with Gasteiger partial charge in [0.15, 0.2) is 0 Å². The number of nitrogens with zero attached hydrogens (tertiary/aromatic N) is 3. The Labute approximate surface area is 167 Å². The van der Waals surface area contributed by atoms with Gasteiger partial charge in [-0.15, -0.1) is 17.7 Å². The van der Waals surface area contributed by atoms with E-state index in [4.69, 9.17) is 4.74 Å². The van der Waals surface area contributed by atoms with Gasteiger partial charge in [0, 0.05) is 17.0 Å². The third-order valence-corrected chi connectivity index (χ3v) is 4.64. The zero-order valence-corrected chi connectivity index (χ0v) is 16.3. The van der Waals surface area contributed by atoms with Crippen LogP contribution in [0.3, 0.4) is 0 Å². The molecule has 0 aliphatic heterocycles. The van der Waals surface area contributed by atoms with Crippen molar-refractivity contribution in [2.24, 2.45) is 0 Å². The fourth-order valence-electron chi connectivity index (χ4n) is 3.20. The Morgan fingerprint density at radius 2 is 1.75 bits per heavy atom. The van der Waals surface area contributed by atoms with Crippen molar-refractivity contribution in [3.05, 3.63) is 54.6 Å². The van der Waals surface area contributed by atoms with Crippen LogP contribution in [-0.4, -0.2) is 31.3 Å². The SMILES string of the molecule is CC(C)Oc1ccc(-c2c(S)nnn2-c2ccc(O)cc2O)c2ccccc12. The molecule has 3 aromatic carbocycles. The van der Waals surface area contributed by atoms with Crippen molar-refractivity contribution in [2.45, 2.75) is 25.0 Å². The molecular formula is C21H19N3O3S. The molecule has 7 heteroatoms. The summed E-state index contributed by atoms with van der Waals surface area (Å²) in [6.45, 7) is 3.97. The number of benzene rings is 3. The number of phenolic OH excluding ortho intramolecular Hbond substituents is 2. The van der Waals surface area contributed by atoms with Crippen LogP contribution in [0.5, 0.6) is 17.2 Å². The Morgan fingerprint density at radius 3 is 2.46 bits per heavy atom. The van der Waals surface area contributed by atoms with Gasteiger partial charge in [-0.05, 0) is 43.5 Å². The van der Waals surface area contributed by atoms with E-state index in [-0.39, 0.29) is 17.6 Å². The Morgan fingerprint density at radius 1 is 1.00 bits per heavy atom. The number of phenols is 2. The number of aromatic hydroxyl groups is 2. The maximum atomic E-state index is 10.3. The quantitative estimate of drug-likeness (QED) is 0.443. The Bertz CT molecular complexity index is 1170. The first-order valence-corrected chi connectivity index (χ1v) is 9.26. The molecule has 2 N–H and O–H groups in total. The predicted molar refractivity (Wildman–Crippen MR) is 111 cm³/mol. The molecule has 1 heterocycles. The van der Waals surface area contributed by atoms with Crippen LogP contribution < -0.4 is 4.74 Å². The fourth-order valence-corrected chi connectivity index (χ4v) is 3.46. The maximum absolute atomic E-state index is 10.3. The smallest absolute Gasteiger partial charge is 0.145 e. The molecule has 0 aliphatic carbocycles. The van der Waals surface area contributed by atoms with Crippen LogP contribution in [0.4, 0.5) is 0 Å².